The molecule has 0 aromatic carbocycles. The molecule has 4 nitrogen and oxygen atoms in total. The van der Waals surface area contributed by atoms with Crippen LogP contribution in [0.1, 0.15) is 45.9 Å². The van der Waals surface area contributed by atoms with Gasteiger partial charge in [0, 0.05) is 18.5 Å². The molecule has 18 heavy (non-hydrogen) atoms. The number of hydrogen-bond donors (Lipinski definition) is 1. The van der Waals surface area contributed by atoms with Crippen molar-refractivity contribution < 1.29 is 4.74 Å². The van der Waals surface area contributed by atoms with E-state index in [1.165, 1.54) is 0 Å². The largest absolute Gasteiger partial charge is 0.461 e. The molecule has 4 heteroatoms. The Morgan fingerprint density at radius 1 is 1.39 bits per heavy atom. The summed E-state index contributed by atoms with van der Waals surface area (Å²) >= 11 is 0. The minimum Gasteiger partial charge on any atom is -0.461 e. The van der Waals surface area contributed by atoms with Crippen LogP contribution in [0.25, 0.3) is 0 Å². The van der Waals surface area contributed by atoms with Gasteiger partial charge < -0.3 is 10.1 Å². The summed E-state index contributed by atoms with van der Waals surface area (Å²) in [6.07, 6.45) is 6.05. The molecule has 1 atom stereocenters. The fraction of sp³-hybridized carbons (Fsp3) is 0.571. The molecular weight excluding hydrogens is 226 g/mol. The Kier molecular flexibility index (Phi) is 5.44. The van der Waals surface area contributed by atoms with Gasteiger partial charge in [-0.3, -0.25) is 0 Å². The van der Waals surface area contributed by atoms with Crippen molar-refractivity contribution in [3.63, 3.8) is 0 Å². The summed E-state index contributed by atoms with van der Waals surface area (Å²) in [4.78, 5) is 8.81. The number of anilines is 1. The highest BCUT2D eigenvalue weighted by Crippen LogP contribution is 2.19. The molecule has 1 N–H and O–H groups in total. The first-order valence-corrected chi connectivity index (χ1v) is 6.32. The third-order valence-electron chi connectivity index (χ3n) is 2.32. The van der Waals surface area contributed by atoms with E-state index < -0.39 is 0 Å². The Labute approximate surface area is 109 Å². The maximum Gasteiger partial charge on any atom is 0.219 e. The molecule has 0 aliphatic heterocycles. The van der Waals surface area contributed by atoms with Crippen molar-refractivity contribution in [1.29, 1.82) is 0 Å². The van der Waals surface area contributed by atoms with E-state index in [0.29, 0.717) is 5.88 Å². The van der Waals surface area contributed by atoms with Gasteiger partial charge in [-0.25, -0.2) is 4.98 Å². The first kappa shape index (κ1) is 14.3. The van der Waals surface area contributed by atoms with Crippen LogP contribution in [0, 0.1) is 12.3 Å². The number of nitrogens with zero attached hydrogens (tertiary/aromatic N) is 2. The van der Waals surface area contributed by atoms with E-state index >= 15 is 0 Å². The van der Waals surface area contributed by atoms with Crippen LogP contribution in [0.15, 0.2) is 6.07 Å². The van der Waals surface area contributed by atoms with Crippen LogP contribution in [0.2, 0.25) is 0 Å². The van der Waals surface area contributed by atoms with Crippen molar-refractivity contribution in [3.05, 3.63) is 11.9 Å². The number of nitrogens with one attached hydrogen (secondary N) is 1. The zero-order chi connectivity index (χ0) is 13.5. The lowest BCUT2D eigenvalue weighted by Crippen LogP contribution is -2.12. The topological polar surface area (TPSA) is 47.0 Å². The van der Waals surface area contributed by atoms with Crippen LogP contribution >= 0.6 is 0 Å². The maximum atomic E-state index is 5.55. The summed E-state index contributed by atoms with van der Waals surface area (Å²) in [6.45, 7) is 8.89. The molecule has 0 spiro atoms. The predicted octanol–water partition coefficient (Wildman–Crippen LogP) is 2.82. The molecule has 0 saturated carbocycles. The Balaban J connectivity index is 2.95. The summed E-state index contributed by atoms with van der Waals surface area (Å²) in [7, 11) is 0. The van der Waals surface area contributed by atoms with Crippen LogP contribution in [-0.4, -0.2) is 22.6 Å². The van der Waals surface area contributed by atoms with E-state index in [1.54, 1.807) is 6.07 Å². The van der Waals surface area contributed by atoms with Crippen molar-refractivity contribution in [2.45, 2.75) is 46.1 Å². The average Bonchev–Trinajstić information content (AvgIpc) is 2.35. The second-order valence-corrected chi connectivity index (χ2v) is 4.46. The van der Waals surface area contributed by atoms with E-state index in [-0.39, 0.29) is 12.0 Å². The summed E-state index contributed by atoms with van der Waals surface area (Å²) in [5.41, 5.74) is 0. The van der Waals surface area contributed by atoms with Gasteiger partial charge in [-0.1, -0.05) is 26.7 Å². The van der Waals surface area contributed by atoms with Crippen LogP contribution in [0.3, 0.4) is 0 Å². The highest BCUT2D eigenvalue weighted by atomic mass is 16.5. The van der Waals surface area contributed by atoms with Gasteiger partial charge in [0.15, 0.2) is 6.10 Å². The van der Waals surface area contributed by atoms with Gasteiger partial charge in [0.05, 0.1) is 0 Å². The van der Waals surface area contributed by atoms with Gasteiger partial charge in [0.25, 0.3) is 0 Å². The molecule has 98 valence electrons. The molecular formula is C14H21N3O. The van der Waals surface area contributed by atoms with E-state index in [2.05, 4.69) is 28.1 Å². The van der Waals surface area contributed by atoms with E-state index in [4.69, 9.17) is 11.2 Å². The fourth-order valence-corrected chi connectivity index (χ4v) is 1.32. The van der Waals surface area contributed by atoms with E-state index in [0.717, 1.165) is 24.6 Å². The zero-order valence-electron chi connectivity index (χ0n) is 11.5. The molecule has 1 heterocycles. The highest BCUT2D eigenvalue weighted by Gasteiger charge is 2.10. The van der Waals surface area contributed by atoms with E-state index in [9.17, 15) is 0 Å². The normalized spacial score (nSPS) is 12.0. The van der Waals surface area contributed by atoms with Gasteiger partial charge in [-0.15, -0.1) is 6.42 Å². The van der Waals surface area contributed by atoms with Crippen molar-refractivity contribution in [2.75, 3.05) is 11.9 Å². The van der Waals surface area contributed by atoms with Gasteiger partial charge >= 0.3 is 0 Å². The quantitative estimate of drug-likeness (QED) is 0.785. The Morgan fingerprint density at radius 3 is 2.67 bits per heavy atom. The molecule has 1 rings (SSSR count). The van der Waals surface area contributed by atoms with Gasteiger partial charge in [-0.2, -0.15) is 4.98 Å². The molecule has 0 fully saturated rings. The third kappa shape index (κ3) is 4.25. The third-order valence-corrected chi connectivity index (χ3v) is 2.32. The summed E-state index contributed by atoms with van der Waals surface area (Å²) in [5, 5.41) is 3.24. The minimum atomic E-state index is -0.293. The fourth-order valence-electron chi connectivity index (χ4n) is 1.32. The first-order chi connectivity index (χ1) is 8.56. The Morgan fingerprint density at radius 2 is 2.11 bits per heavy atom. The van der Waals surface area contributed by atoms with Crippen LogP contribution in [0.4, 0.5) is 5.82 Å². The summed E-state index contributed by atoms with van der Waals surface area (Å²) < 4.78 is 5.55. The smallest absolute Gasteiger partial charge is 0.219 e. The number of hydrogen-bond acceptors (Lipinski definition) is 4. The zero-order valence-corrected chi connectivity index (χ0v) is 11.5. The molecule has 1 aromatic heterocycles. The second kappa shape index (κ2) is 6.85. The Bertz CT molecular complexity index is 424. The number of aromatic nitrogens is 2. The molecule has 0 aliphatic rings. The predicted molar refractivity (Wildman–Crippen MR) is 73.8 cm³/mol. The molecule has 0 radical (unpaired) electrons. The van der Waals surface area contributed by atoms with Crippen LogP contribution in [0.5, 0.6) is 5.88 Å². The summed E-state index contributed by atoms with van der Waals surface area (Å²) in [5.74, 6) is 4.84. The van der Waals surface area contributed by atoms with Crippen molar-refractivity contribution in [1.82, 2.24) is 9.97 Å². The number of terminal acetylenes is 1. The van der Waals surface area contributed by atoms with Crippen LogP contribution in [-0.2, 0) is 0 Å². The lowest BCUT2D eigenvalue weighted by atomic mass is 10.2. The molecule has 1 aromatic rings. The van der Waals surface area contributed by atoms with Crippen LogP contribution < -0.4 is 10.1 Å². The number of ether oxygens (including phenoxy) is 1. The first-order valence-electron chi connectivity index (χ1n) is 6.32. The van der Waals surface area contributed by atoms with Gasteiger partial charge in [0.1, 0.15) is 11.6 Å². The monoisotopic (exact) mass is 247 g/mol. The minimum absolute atomic E-state index is 0.247. The number of rotatable bonds is 6. The van der Waals surface area contributed by atoms with Gasteiger partial charge in [-0.05, 0) is 13.3 Å². The molecule has 0 bridgehead atoms. The standard InChI is InChI=1S/C14H21N3O/c1-6-8-15-12-9-13(18-11(5)7-2)17-14(16-12)10(3)4/h2,9-11H,6,8H2,1,3-5H3,(H,15,16,17). The second-order valence-electron chi connectivity index (χ2n) is 4.46. The van der Waals surface area contributed by atoms with Crippen molar-refractivity contribution >= 4 is 5.82 Å². The molecule has 0 amide bonds. The van der Waals surface area contributed by atoms with Crippen molar-refractivity contribution in [2.24, 2.45) is 0 Å². The van der Waals surface area contributed by atoms with E-state index in [1.807, 2.05) is 20.8 Å². The lowest BCUT2D eigenvalue weighted by Gasteiger charge is -2.13. The summed E-state index contributed by atoms with van der Waals surface area (Å²) in [6, 6.07) is 1.79. The van der Waals surface area contributed by atoms with Crippen molar-refractivity contribution in [3.8, 4) is 18.2 Å². The molecule has 0 aliphatic carbocycles. The highest BCUT2D eigenvalue weighted by molar-refractivity contribution is 5.39. The molecule has 1 unspecified atom stereocenters. The molecule has 0 saturated heterocycles. The average molecular weight is 247 g/mol. The van der Waals surface area contributed by atoms with Gasteiger partial charge in [0.2, 0.25) is 5.88 Å². The lowest BCUT2D eigenvalue weighted by molar-refractivity contribution is 0.266. The SMILES string of the molecule is C#CC(C)Oc1cc(NCCC)nc(C(C)C)n1. The Hall–Kier alpha value is -1.76. The maximum absolute atomic E-state index is 5.55.